The van der Waals surface area contributed by atoms with Crippen molar-refractivity contribution in [1.29, 1.82) is 0 Å². The van der Waals surface area contributed by atoms with Crippen LogP contribution in [-0.2, 0) is 22.8 Å². The molecule has 9 heteroatoms. The highest BCUT2D eigenvalue weighted by Crippen LogP contribution is 2.31. The minimum absolute atomic E-state index is 0.0300. The molecule has 0 radical (unpaired) electrons. The highest BCUT2D eigenvalue weighted by Gasteiger charge is 2.34. The number of pyridine rings is 1. The van der Waals surface area contributed by atoms with Gasteiger partial charge in [0.05, 0.1) is 50.2 Å². The number of para-hydroxylation sites is 1. The Morgan fingerprint density at radius 3 is 2.69 bits per heavy atom. The van der Waals surface area contributed by atoms with Crippen molar-refractivity contribution < 1.29 is 13.2 Å². The zero-order valence-corrected chi connectivity index (χ0v) is 17.4. The van der Waals surface area contributed by atoms with Gasteiger partial charge in [0, 0.05) is 32.3 Å². The summed E-state index contributed by atoms with van der Waals surface area (Å²) in [5.74, 6) is 0.219. The molecule has 2 aliphatic rings. The van der Waals surface area contributed by atoms with Crippen molar-refractivity contribution in [3.05, 3.63) is 52.8 Å². The molecule has 7 nitrogen and oxygen atoms in total. The van der Waals surface area contributed by atoms with E-state index in [0.29, 0.717) is 38.2 Å². The molecule has 2 aliphatic heterocycles. The molecule has 1 aromatic carbocycles. The summed E-state index contributed by atoms with van der Waals surface area (Å²) in [4.78, 5) is 26.0. The maximum absolute atomic E-state index is 13.1. The third-order valence-corrected chi connectivity index (χ3v) is 8.17. The molecule has 29 heavy (non-hydrogen) atoms. The molecule has 4 heterocycles. The Balaban J connectivity index is 1.33. The quantitative estimate of drug-likeness (QED) is 0.633. The zero-order valence-electron chi connectivity index (χ0n) is 15.7. The fourth-order valence-corrected chi connectivity index (χ4v) is 6.07. The lowest BCUT2D eigenvalue weighted by Crippen LogP contribution is -2.41. The Morgan fingerprint density at radius 2 is 1.90 bits per heavy atom. The first kappa shape index (κ1) is 18.5. The van der Waals surface area contributed by atoms with Crippen molar-refractivity contribution in [3.63, 3.8) is 0 Å². The van der Waals surface area contributed by atoms with Gasteiger partial charge in [-0.15, -0.1) is 11.3 Å². The second-order valence-corrected chi connectivity index (χ2v) is 10.8. The predicted molar refractivity (Wildman–Crippen MR) is 113 cm³/mol. The number of fused-ring (bicyclic) bond motifs is 2. The van der Waals surface area contributed by atoms with E-state index < -0.39 is 9.84 Å². The van der Waals surface area contributed by atoms with Gasteiger partial charge in [0.15, 0.2) is 9.84 Å². The molecular weight excluding hydrogens is 408 g/mol. The van der Waals surface area contributed by atoms with Crippen LogP contribution in [0.2, 0.25) is 0 Å². The van der Waals surface area contributed by atoms with E-state index >= 15 is 0 Å². The normalized spacial score (nSPS) is 18.4. The monoisotopic (exact) mass is 428 g/mol. The summed E-state index contributed by atoms with van der Waals surface area (Å²) in [6, 6.07) is 9.87. The summed E-state index contributed by atoms with van der Waals surface area (Å²) >= 11 is 1.66. The number of thiazole rings is 1. The van der Waals surface area contributed by atoms with E-state index in [1.807, 2.05) is 34.1 Å². The molecule has 0 bridgehead atoms. The fourth-order valence-electron chi connectivity index (χ4n) is 3.91. The van der Waals surface area contributed by atoms with E-state index in [9.17, 15) is 13.2 Å². The van der Waals surface area contributed by atoms with Crippen molar-refractivity contribution in [2.45, 2.75) is 13.0 Å². The van der Waals surface area contributed by atoms with Gasteiger partial charge in [0.2, 0.25) is 0 Å². The zero-order chi connectivity index (χ0) is 20.0. The summed E-state index contributed by atoms with van der Waals surface area (Å²) < 4.78 is 24.6. The number of sulfone groups is 1. The number of rotatable bonds is 4. The fraction of sp³-hybridized carbons (Fsp3) is 0.350. The molecule has 2 aromatic heterocycles. The molecular formula is C20H20N4O3S2. The molecule has 1 saturated heterocycles. The molecule has 150 valence electrons. The van der Waals surface area contributed by atoms with Crippen molar-refractivity contribution in [1.82, 2.24) is 14.9 Å². The number of benzene rings is 1. The number of carbonyl (C=O) groups is 1. The topological polar surface area (TPSA) is 83.5 Å². The molecule has 1 fully saturated rings. The second kappa shape index (κ2) is 7.07. The van der Waals surface area contributed by atoms with Gasteiger partial charge < -0.3 is 9.80 Å². The smallest absolute Gasteiger partial charge is 0.258 e. The van der Waals surface area contributed by atoms with Crippen LogP contribution in [0, 0.1) is 0 Å². The Morgan fingerprint density at radius 1 is 1.10 bits per heavy atom. The van der Waals surface area contributed by atoms with Crippen LogP contribution in [0.4, 0.5) is 5.69 Å². The molecule has 0 N–H and O–H groups in total. The first-order chi connectivity index (χ1) is 14.0. The van der Waals surface area contributed by atoms with Gasteiger partial charge >= 0.3 is 0 Å². The number of anilines is 1. The largest absolute Gasteiger partial charge is 0.369 e. The van der Waals surface area contributed by atoms with Gasteiger partial charge in [0.1, 0.15) is 0 Å². The summed E-state index contributed by atoms with van der Waals surface area (Å²) in [6.07, 6.45) is 2.41. The molecule has 5 rings (SSSR count). The molecule has 1 amide bonds. The number of nitrogens with zero attached hydrogens (tertiary/aromatic N) is 4. The Labute approximate surface area is 172 Å². The number of hydrogen-bond acceptors (Lipinski definition) is 7. The third-order valence-electron chi connectivity index (χ3n) is 5.47. The summed E-state index contributed by atoms with van der Waals surface area (Å²) in [5.41, 5.74) is 3.19. The number of hydrogen-bond donors (Lipinski definition) is 0. The van der Waals surface area contributed by atoms with Gasteiger partial charge in [-0.25, -0.2) is 13.4 Å². The molecule has 0 atom stereocenters. The van der Waals surface area contributed by atoms with Crippen LogP contribution in [0.3, 0.4) is 0 Å². The van der Waals surface area contributed by atoms with Gasteiger partial charge in [-0.2, -0.15) is 0 Å². The third kappa shape index (κ3) is 3.49. The van der Waals surface area contributed by atoms with Crippen LogP contribution in [-0.4, -0.2) is 60.3 Å². The van der Waals surface area contributed by atoms with Crippen LogP contribution < -0.4 is 4.90 Å². The van der Waals surface area contributed by atoms with E-state index in [4.69, 9.17) is 0 Å². The van der Waals surface area contributed by atoms with Crippen LogP contribution in [0.5, 0.6) is 0 Å². The van der Waals surface area contributed by atoms with Crippen molar-refractivity contribution in [2.24, 2.45) is 0 Å². The summed E-state index contributed by atoms with van der Waals surface area (Å²) in [5, 5.41) is 1.02. The first-order valence-electron chi connectivity index (χ1n) is 9.57. The minimum Gasteiger partial charge on any atom is -0.369 e. The lowest BCUT2D eigenvalue weighted by Gasteiger charge is -2.29. The molecule has 0 saturated carbocycles. The van der Waals surface area contributed by atoms with Crippen LogP contribution in [0.1, 0.15) is 21.1 Å². The highest BCUT2D eigenvalue weighted by atomic mass is 32.2. The second-order valence-electron chi connectivity index (χ2n) is 7.34. The van der Waals surface area contributed by atoms with Gasteiger partial charge in [0.25, 0.3) is 5.91 Å². The molecule has 0 aliphatic carbocycles. The van der Waals surface area contributed by atoms with Gasteiger partial charge in [-0.05, 0) is 18.2 Å². The van der Waals surface area contributed by atoms with E-state index in [2.05, 4.69) is 16.0 Å². The molecule has 0 unspecified atom stereocenters. The minimum atomic E-state index is -2.97. The van der Waals surface area contributed by atoms with Gasteiger partial charge in [-0.3, -0.25) is 9.78 Å². The maximum atomic E-state index is 13.1. The van der Waals surface area contributed by atoms with Crippen molar-refractivity contribution in [2.75, 3.05) is 36.0 Å². The van der Waals surface area contributed by atoms with Crippen LogP contribution >= 0.6 is 11.3 Å². The van der Waals surface area contributed by atoms with Crippen molar-refractivity contribution in [3.8, 4) is 0 Å². The van der Waals surface area contributed by atoms with Crippen LogP contribution in [0.25, 0.3) is 10.2 Å². The Kier molecular flexibility index (Phi) is 4.51. The average molecular weight is 429 g/mol. The Hall–Kier alpha value is -2.52. The number of aromatic nitrogens is 2. The van der Waals surface area contributed by atoms with E-state index in [1.54, 1.807) is 17.5 Å². The van der Waals surface area contributed by atoms with Crippen LogP contribution in [0.15, 0.2) is 36.5 Å². The standard InChI is InChI=1S/C20H20N4O3S2/c25-20-19-15(21-7-5-16(19)23-9-11-29(26,27)12-10-23)13-24(20)8-6-18-22-14-3-1-2-4-17(14)28-18/h1-5,7H,6,8-13H2. The van der Waals surface area contributed by atoms with Crippen molar-refractivity contribution >= 4 is 43.0 Å². The average Bonchev–Trinajstić information content (AvgIpc) is 3.27. The van der Waals surface area contributed by atoms with E-state index in [0.717, 1.165) is 26.6 Å². The Bertz CT molecular complexity index is 1160. The van der Waals surface area contributed by atoms with Gasteiger partial charge in [-0.1, -0.05) is 12.1 Å². The van der Waals surface area contributed by atoms with E-state index in [1.165, 1.54) is 0 Å². The van der Waals surface area contributed by atoms with E-state index in [-0.39, 0.29) is 17.4 Å². The predicted octanol–water partition coefficient (Wildman–Crippen LogP) is 2.12. The highest BCUT2D eigenvalue weighted by molar-refractivity contribution is 7.91. The number of amides is 1. The lowest BCUT2D eigenvalue weighted by atomic mass is 10.1. The number of carbonyl (C=O) groups excluding carboxylic acids is 1. The summed E-state index contributed by atoms with van der Waals surface area (Å²) in [6.45, 7) is 1.90. The SMILES string of the molecule is O=C1c2c(N3CCS(=O)(=O)CC3)ccnc2CN1CCc1nc2ccccc2s1. The molecule has 3 aromatic rings. The molecule has 0 spiro atoms. The lowest BCUT2D eigenvalue weighted by molar-refractivity contribution is 0.0780. The summed E-state index contributed by atoms with van der Waals surface area (Å²) in [7, 11) is -2.97. The maximum Gasteiger partial charge on any atom is 0.258 e. The first-order valence-corrected chi connectivity index (χ1v) is 12.2.